The zero-order valence-corrected chi connectivity index (χ0v) is 12.8. The van der Waals surface area contributed by atoms with E-state index in [2.05, 4.69) is 48.8 Å². The van der Waals surface area contributed by atoms with Gasteiger partial charge < -0.3 is 9.72 Å². The molecule has 4 heteroatoms. The number of nitrogens with zero attached hydrogens (tertiary/aromatic N) is 2. The number of imidazole rings is 1. The number of nitrogens with one attached hydrogen (secondary N) is 1. The van der Waals surface area contributed by atoms with E-state index in [1.54, 1.807) is 0 Å². The Morgan fingerprint density at radius 3 is 2.95 bits per heavy atom. The number of rotatable bonds is 7. The first-order valence-corrected chi connectivity index (χ1v) is 8.00. The first-order valence-electron chi connectivity index (χ1n) is 7.01. The van der Waals surface area contributed by atoms with Crippen LogP contribution >= 0.6 is 11.8 Å². The fourth-order valence-electron chi connectivity index (χ4n) is 1.94. The molecular weight excluding hydrogens is 254 g/mol. The second-order valence-electron chi connectivity index (χ2n) is 5.10. The van der Waals surface area contributed by atoms with Gasteiger partial charge in [0, 0.05) is 12.7 Å². The summed E-state index contributed by atoms with van der Waals surface area (Å²) in [6.45, 7) is 8.53. The molecule has 0 saturated heterocycles. The molecule has 0 saturated carbocycles. The van der Waals surface area contributed by atoms with Crippen molar-refractivity contribution in [2.45, 2.75) is 38.8 Å². The minimum atomic E-state index is 0.752. The molecule has 0 aliphatic heterocycles. The lowest BCUT2D eigenvalue weighted by molar-refractivity contribution is 0.631. The van der Waals surface area contributed by atoms with Gasteiger partial charge in [0.15, 0.2) is 0 Å². The van der Waals surface area contributed by atoms with E-state index in [0.717, 1.165) is 30.4 Å². The second-order valence-corrected chi connectivity index (χ2v) is 6.19. The van der Waals surface area contributed by atoms with Crippen LogP contribution in [0.1, 0.15) is 32.9 Å². The van der Waals surface area contributed by atoms with Gasteiger partial charge in [0.05, 0.1) is 5.69 Å². The van der Waals surface area contributed by atoms with Gasteiger partial charge in [-0.2, -0.15) is 0 Å². The van der Waals surface area contributed by atoms with Crippen LogP contribution < -0.4 is 5.32 Å². The van der Waals surface area contributed by atoms with Crippen molar-refractivity contribution < 1.29 is 0 Å². The average molecular weight is 277 g/mol. The molecule has 2 aromatic heterocycles. The molecule has 0 aromatic carbocycles. The van der Waals surface area contributed by atoms with Crippen LogP contribution in [0.15, 0.2) is 29.4 Å². The Hall–Kier alpha value is -1.00. The van der Waals surface area contributed by atoms with Gasteiger partial charge in [-0.1, -0.05) is 26.8 Å². The summed E-state index contributed by atoms with van der Waals surface area (Å²) >= 11 is 1.88. The van der Waals surface area contributed by atoms with Gasteiger partial charge in [0.2, 0.25) is 0 Å². The van der Waals surface area contributed by atoms with Crippen molar-refractivity contribution in [2.75, 3.05) is 12.3 Å². The van der Waals surface area contributed by atoms with E-state index >= 15 is 0 Å². The molecule has 0 atom stereocenters. The van der Waals surface area contributed by atoms with Crippen LogP contribution in [0.3, 0.4) is 0 Å². The molecule has 104 valence electrons. The fraction of sp³-hybridized carbons (Fsp3) is 0.533. The third kappa shape index (κ3) is 3.74. The summed E-state index contributed by atoms with van der Waals surface area (Å²) in [5, 5.41) is 4.58. The zero-order chi connectivity index (χ0) is 13.7. The summed E-state index contributed by atoms with van der Waals surface area (Å²) in [7, 11) is 0. The van der Waals surface area contributed by atoms with Crippen LogP contribution in [0, 0.1) is 5.92 Å². The largest absolute Gasteiger partial charge is 0.311 e. The van der Waals surface area contributed by atoms with E-state index in [4.69, 9.17) is 4.98 Å². The maximum absolute atomic E-state index is 4.75. The average Bonchev–Trinajstić information content (AvgIpc) is 2.74. The van der Waals surface area contributed by atoms with Gasteiger partial charge in [-0.25, -0.2) is 4.98 Å². The first-order chi connectivity index (χ1) is 9.22. The fourth-order valence-corrected chi connectivity index (χ4v) is 3.21. The van der Waals surface area contributed by atoms with Crippen LogP contribution in [0.4, 0.5) is 0 Å². The van der Waals surface area contributed by atoms with E-state index in [1.165, 1.54) is 17.1 Å². The molecule has 0 aliphatic carbocycles. The molecular formula is C15H23N3S. The van der Waals surface area contributed by atoms with Gasteiger partial charge >= 0.3 is 0 Å². The Labute approximate surface area is 119 Å². The minimum Gasteiger partial charge on any atom is -0.311 e. The highest BCUT2D eigenvalue weighted by Gasteiger charge is 2.11. The van der Waals surface area contributed by atoms with Crippen LogP contribution in [-0.2, 0) is 6.54 Å². The Morgan fingerprint density at radius 1 is 1.37 bits per heavy atom. The van der Waals surface area contributed by atoms with E-state index < -0.39 is 0 Å². The molecule has 0 spiro atoms. The van der Waals surface area contributed by atoms with Gasteiger partial charge in [-0.05, 0) is 36.8 Å². The summed E-state index contributed by atoms with van der Waals surface area (Å²) < 4.78 is 2.19. The zero-order valence-electron chi connectivity index (χ0n) is 12.0. The van der Waals surface area contributed by atoms with Crippen molar-refractivity contribution in [1.82, 2.24) is 14.7 Å². The lowest BCUT2D eigenvalue weighted by Crippen LogP contribution is -2.14. The lowest BCUT2D eigenvalue weighted by Gasteiger charge is -2.06. The van der Waals surface area contributed by atoms with Crippen LogP contribution in [-0.4, -0.2) is 21.7 Å². The van der Waals surface area contributed by atoms with E-state index in [1.807, 2.05) is 17.8 Å². The first kappa shape index (κ1) is 14.4. The Bertz CT molecular complexity index is 519. The number of thioether (sulfide) groups is 1. The molecule has 0 bridgehead atoms. The highest BCUT2D eigenvalue weighted by molar-refractivity contribution is 7.99. The van der Waals surface area contributed by atoms with Crippen molar-refractivity contribution in [1.29, 1.82) is 0 Å². The molecule has 1 N–H and O–H groups in total. The molecule has 0 radical (unpaired) electrons. The number of hydrogen-bond donors (Lipinski definition) is 1. The Kier molecular flexibility index (Phi) is 5.28. The molecule has 0 aliphatic rings. The normalized spacial score (nSPS) is 11.6. The Morgan fingerprint density at radius 2 is 2.21 bits per heavy atom. The molecule has 2 rings (SSSR count). The summed E-state index contributed by atoms with van der Waals surface area (Å²) in [4.78, 5) is 4.75. The maximum atomic E-state index is 4.75. The third-order valence-corrected chi connectivity index (χ3v) is 4.11. The van der Waals surface area contributed by atoms with E-state index in [9.17, 15) is 0 Å². The maximum Gasteiger partial charge on any atom is 0.138 e. The summed E-state index contributed by atoms with van der Waals surface area (Å²) in [6, 6.07) is 6.18. The van der Waals surface area contributed by atoms with Crippen molar-refractivity contribution in [3.63, 3.8) is 0 Å². The smallest absolute Gasteiger partial charge is 0.138 e. The quantitative estimate of drug-likeness (QED) is 0.784. The van der Waals surface area contributed by atoms with Gasteiger partial charge in [0.1, 0.15) is 10.7 Å². The molecule has 0 unspecified atom stereocenters. The van der Waals surface area contributed by atoms with Crippen molar-refractivity contribution >= 4 is 17.4 Å². The number of aromatic nitrogens is 2. The monoisotopic (exact) mass is 277 g/mol. The predicted octanol–water partition coefficient (Wildman–Crippen LogP) is 3.58. The summed E-state index contributed by atoms with van der Waals surface area (Å²) in [6.07, 6.45) is 3.33. The van der Waals surface area contributed by atoms with Crippen molar-refractivity contribution in [3.05, 3.63) is 30.1 Å². The summed E-state index contributed by atoms with van der Waals surface area (Å²) in [5.74, 6) is 1.89. The van der Waals surface area contributed by atoms with Crippen LogP contribution in [0.5, 0.6) is 0 Å². The molecule has 3 nitrogen and oxygen atoms in total. The predicted molar refractivity (Wildman–Crippen MR) is 82.8 cm³/mol. The van der Waals surface area contributed by atoms with Gasteiger partial charge in [0.25, 0.3) is 0 Å². The second kappa shape index (κ2) is 6.96. The number of pyridine rings is 1. The van der Waals surface area contributed by atoms with Crippen LogP contribution in [0.2, 0.25) is 0 Å². The SMILES string of the molecule is CCNCc1c(SCCC(C)C)nc2ccccn12. The Balaban J connectivity index is 2.19. The van der Waals surface area contributed by atoms with Crippen molar-refractivity contribution in [3.8, 4) is 0 Å². The molecule has 0 fully saturated rings. The number of fused-ring (bicyclic) bond motifs is 1. The van der Waals surface area contributed by atoms with Crippen molar-refractivity contribution in [2.24, 2.45) is 5.92 Å². The number of hydrogen-bond acceptors (Lipinski definition) is 3. The topological polar surface area (TPSA) is 29.3 Å². The highest BCUT2D eigenvalue weighted by atomic mass is 32.2. The molecule has 2 heterocycles. The lowest BCUT2D eigenvalue weighted by atomic mass is 10.2. The molecule has 0 amide bonds. The highest BCUT2D eigenvalue weighted by Crippen LogP contribution is 2.25. The van der Waals surface area contributed by atoms with Gasteiger partial charge in [-0.15, -0.1) is 11.8 Å². The van der Waals surface area contributed by atoms with Crippen LogP contribution in [0.25, 0.3) is 5.65 Å². The van der Waals surface area contributed by atoms with Gasteiger partial charge in [-0.3, -0.25) is 0 Å². The molecule has 2 aromatic rings. The standard InChI is InChI=1S/C15H23N3S/c1-4-16-11-13-15(19-10-8-12(2)3)17-14-7-5-6-9-18(13)14/h5-7,9,12,16H,4,8,10-11H2,1-3H3. The minimum absolute atomic E-state index is 0.752. The third-order valence-electron chi connectivity index (χ3n) is 3.07. The summed E-state index contributed by atoms with van der Waals surface area (Å²) in [5.41, 5.74) is 2.33. The van der Waals surface area contributed by atoms with E-state index in [-0.39, 0.29) is 0 Å². The molecule has 19 heavy (non-hydrogen) atoms. The van der Waals surface area contributed by atoms with E-state index in [0.29, 0.717) is 0 Å².